The molecule has 1 fully saturated rings. The molecule has 5 heteroatoms. The van der Waals surface area contributed by atoms with Gasteiger partial charge in [-0.1, -0.05) is 6.07 Å². The second-order valence-electron chi connectivity index (χ2n) is 5.58. The Kier molecular flexibility index (Phi) is 5.33. The van der Waals surface area contributed by atoms with Crippen LogP contribution in [0.5, 0.6) is 0 Å². The molecule has 1 aromatic rings. The highest BCUT2D eigenvalue weighted by atomic mass is 16.1. The van der Waals surface area contributed by atoms with Crippen molar-refractivity contribution >= 4 is 18.0 Å². The summed E-state index contributed by atoms with van der Waals surface area (Å²) in [5, 5.41) is 2.94. The fraction of sp³-hybridized carbons (Fsp3) is 0.500. The Balaban J connectivity index is 1.75. The zero-order chi connectivity index (χ0) is 15.2. The first kappa shape index (κ1) is 15.5. The number of benzene rings is 1. The summed E-state index contributed by atoms with van der Waals surface area (Å²) in [6.45, 7) is 8.02. The van der Waals surface area contributed by atoms with Crippen LogP contribution in [0.3, 0.4) is 0 Å². The van der Waals surface area contributed by atoms with Gasteiger partial charge in [-0.15, -0.1) is 0 Å². The Morgan fingerprint density at radius 1 is 1.19 bits per heavy atom. The summed E-state index contributed by atoms with van der Waals surface area (Å²) in [5.41, 5.74) is 3.26. The third-order valence-corrected chi connectivity index (χ3v) is 4.00. The average Bonchev–Trinajstić information content (AvgIpc) is 2.49. The number of carbonyl (C=O) groups is 2. The van der Waals surface area contributed by atoms with E-state index in [2.05, 4.69) is 17.1 Å². The van der Waals surface area contributed by atoms with Gasteiger partial charge in [0.1, 0.15) is 0 Å². The first-order chi connectivity index (χ1) is 10.1. The van der Waals surface area contributed by atoms with E-state index in [9.17, 15) is 9.59 Å². The predicted molar refractivity (Wildman–Crippen MR) is 83.2 cm³/mol. The molecule has 0 bridgehead atoms. The Morgan fingerprint density at radius 2 is 1.90 bits per heavy atom. The molecule has 0 spiro atoms. The maximum absolute atomic E-state index is 12.0. The van der Waals surface area contributed by atoms with E-state index in [1.807, 2.05) is 25.1 Å². The molecule has 0 aromatic heterocycles. The van der Waals surface area contributed by atoms with Gasteiger partial charge in [0.2, 0.25) is 12.3 Å². The fourth-order valence-corrected chi connectivity index (χ4v) is 2.39. The van der Waals surface area contributed by atoms with Crippen LogP contribution >= 0.6 is 0 Å². The molecule has 0 saturated carbocycles. The second kappa shape index (κ2) is 7.22. The average molecular weight is 289 g/mol. The molecule has 1 N–H and O–H groups in total. The standard InChI is InChI=1S/C16H23N3O2/c1-13-3-4-15(11-14(13)2)17-16(21)5-6-18-7-9-19(12-20)10-8-18/h3-4,11-12H,5-10H2,1-2H3,(H,17,21). The van der Waals surface area contributed by atoms with E-state index in [0.29, 0.717) is 6.42 Å². The van der Waals surface area contributed by atoms with Crippen molar-refractivity contribution < 1.29 is 9.59 Å². The van der Waals surface area contributed by atoms with Crippen LogP contribution in [-0.4, -0.2) is 54.8 Å². The molecular formula is C16H23N3O2. The largest absolute Gasteiger partial charge is 0.343 e. The van der Waals surface area contributed by atoms with Crippen LogP contribution in [0.15, 0.2) is 18.2 Å². The first-order valence-corrected chi connectivity index (χ1v) is 7.37. The van der Waals surface area contributed by atoms with Gasteiger partial charge in [-0.3, -0.25) is 14.5 Å². The highest BCUT2D eigenvalue weighted by Gasteiger charge is 2.16. The molecular weight excluding hydrogens is 266 g/mol. The van der Waals surface area contributed by atoms with Crippen molar-refractivity contribution in [1.82, 2.24) is 9.80 Å². The molecule has 1 aliphatic heterocycles. The minimum atomic E-state index is 0.0380. The number of rotatable bonds is 5. The van der Waals surface area contributed by atoms with Crippen LogP contribution in [0.25, 0.3) is 0 Å². The summed E-state index contributed by atoms with van der Waals surface area (Å²) in [7, 11) is 0. The highest BCUT2D eigenvalue weighted by Crippen LogP contribution is 2.14. The monoisotopic (exact) mass is 289 g/mol. The Labute approximate surface area is 125 Å². The van der Waals surface area contributed by atoms with E-state index in [1.165, 1.54) is 11.1 Å². The van der Waals surface area contributed by atoms with Crippen LogP contribution in [0.1, 0.15) is 17.5 Å². The Bertz CT molecular complexity index is 508. The zero-order valence-electron chi connectivity index (χ0n) is 12.8. The summed E-state index contributed by atoms with van der Waals surface area (Å²) >= 11 is 0. The van der Waals surface area contributed by atoms with Gasteiger partial charge >= 0.3 is 0 Å². The van der Waals surface area contributed by atoms with Crippen LogP contribution in [0, 0.1) is 13.8 Å². The van der Waals surface area contributed by atoms with Gasteiger partial charge in [-0.25, -0.2) is 0 Å². The van der Waals surface area contributed by atoms with Gasteiger partial charge in [-0.2, -0.15) is 0 Å². The summed E-state index contributed by atoms with van der Waals surface area (Å²) in [5.74, 6) is 0.0380. The molecule has 0 unspecified atom stereocenters. The second-order valence-corrected chi connectivity index (χ2v) is 5.58. The van der Waals surface area contributed by atoms with Gasteiger partial charge in [0.25, 0.3) is 0 Å². The lowest BCUT2D eigenvalue weighted by atomic mass is 10.1. The van der Waals surface area contributed by atoms with Crippen molar-refractivity contribution in [2.75, 3.05) is 38.0 Å². The summed E-state index contributed by atoms with van der Waals surface area (Å²) in [6, 6.07) is 5.95. The summed E-state index contributed by atoms with van der Waals surface area (Å²) < 4.78 is 0. The molecule has 0 aliphatic carbocycles. The first-order valence-electron chi connectivity index (χ1n) is 7.37. The SMILES string of the molecule is Cc1ccc(NC(=O)CCN2CCN(C=O)CC2)cc1C. The van der Waals surface area contributed by atoms with E-state index in [-0.39, 0.29) is 5.91 Å². The van der Waals surface area contributed by atoms with Gasteiger partial charge < -0.3 is 10.2 Å². The number of piperazine rings is 1. The molecule has 5 nitrogen and oxygen atoms in total. The lowest BCUT2D eigenvalue weighted by molar-refractivity contribution is -0.120. The molecule has 2 rings (SSSR count). The molecule has 0 radical (unpaired) electrons. The Hall–Kier alpha value is -1.88. The Morgan fingerprint density at radius 3 is 2.52 bits per heavy atom. The van der Waals surface area contributed by atoms with Gasteiger partial charge in [-0.05, 0) is 37.1 Å². The van der Waals surface area contributed by atoms with E-state index in [0.717, 1.165) is 44.8 Å². The molecule has 1 saturated heterocycles. The number of nitrogens with one attached hydrogen (secondary N) is 1. The van der Waals surface area contributed by atoms with E-state index >= 15 is 0 Å². The minimum Gasteiger partial charge on any atom is -0.343 e. The van der Waals surface area contributed by atoms with E-state index < -0.39 is 0 Å². The smallest absolute Gasteiger partial charge is 0.225 e. The van der Waals surface area contributed by atoms with Crippen LogP contribution < -0.4 is 5.32 Å². The van der Waals surface area contributed by atoms with Crippen molar-refractivity contribution in [3.8, 4) is 0 Å². The molecule has 0 atom stereocenters. The van der Waals surface area contributed by atoms with Crippen molar-refractivity contribution in [1.29, 1.82) is 0 Å². The number of aryl methyl sites for hydroxylation is 2. The molecule has 1 aliphatic rings. The predicted octanol–water partition coefficient (Wildman–Crippen LogP) is 1.41. The van der Waals surface area contributed by atoms with Crippen LogP contribution in [0.4, 0.5) is 5.69 Å². The van der Waals surface area contributed by atoms with Crippen molar-refractivity contribution in [2.45, 2.75) is 20.3 Å². The van der Waals surface area contributed by atoms with Gasteiger partial charge in [0.05, 0.1) is 0 Å². The van der Waals surface area contributed by atoms with Crippen molar-refractivity contribution in [2.24, 2.45) is 0 Å². The third kappa shape index (κ3) is 4.56. The fourth-order valence-electron chi connectivity index (χ4n) is 2.39. The maximum Gasteiger partial charge on any atom is 0.225 e. The number of hydrogen-bond donors (Lipinski definition) is 1. The molecule has 2 amide bonds. The topological polar surface area (TPSA) is 52.7 Å². The van der Waals surface area contributed by atoms with Crippen molar-refractivity contribution in [3.05, 3.63) is 29.3 Å². The molecule has 114 valence electrons. The van der Waals surface area contributed by atoms with Crippen LogP contribution in [0.2, 0.25) is 0 Å². The van der Waals surface area contributed by atoms with Gasteiger partial charge in [0.15, 0.2) is 0 Å². The zero-order valence-corrected chi connectivity index (χ0v) is 12.8. The summed E-state index contributed by atoms with van der Waals surface area (Å²) in [4.78, 5) is 26.6. The van der Waals surface area contributed by atoms with E-state index in [1.54, 1.807) is 4.90 Å². The number of amides is 2. The molecule has 1 heterocycles. The third-order valence-electron chi connectivity index (χ3n) is 4.00. The van der Waals surface area contributed by atoms with E-state index in [4.69, 9.17) is 0 Å². The van der Waals surface area contributed by atoms with Crippen molar-refractivity contribution in [3.63, 3.8) is 0 Å². The molecule has 1 aromatic carbocycles. The lowest BCUT2D eigenvalue weighted by Crippen LogP contribution is -2.46. The summed E-state index contributed by atoms with van der Waals surface area (Å²) in [6.07, 6.45) is 1.37. The normalized spacial score (nSPS) is 15.8. The lowest BCUT2D eigenvalue weighted by Gasteiger charge is -2.32. The number of anilines is 1. The molecule has 21 heavy (non-hydrogen) atoms. The van der Waals surface area contributed by atoms with Crippen LogP contribution in [-0.2, 0) is 9.59 Å². The highest BCUT2D eigenvalue weighted by molar-refractivity contribution is 5.90. The number of carbonyl (C=O) groups excluding carboxylic acids is 2. The quantitative estimate of drug-likeness (QED) is 0.834. The number of nitrogens with zero attached hydrogens (tertiary/aromatic N) is 2. The minimum absolute atomic E-state index is 0.0380. The maximum atomic E-state index is 12.0. The van der Waals surface area contributed by atoms with Gasteiger partial charge in [0, 0.05) is 44.8 Å². The number of hydrogen-bond acceptors (Lipinski definition) is 3.